The SMILES string of the molecule is COc1ccc(C(=O)Oc2ccc(/C=N/NC(=O)c3cccc([N+](=O)[O-])c3)cc2)cc1. The second kappa shape index (κ2) is 9.79. The molecule has 0 atom stereocenters. The van der Waals surface area contributed by atoms with E-state index in [4.69, 9.17) is 9.47 Å². The van der Waals surface area contributed by atoms with E-state index in [2.05, 4.69) is 10.5 Å². The van der Waals surface area contributed by atoms with Crippen molar-refractivity contribution in [1.29, 1.82) is 0 Å². The van der Waals surface area contributed by atoms with E-state index in [1.165, 1.54) is 31.5 Å². The summed E-state index contributed by atoms with van der Waals surface area (Å²) in [5.74, 6) is -0.102. The molecule has 156 valence electrons. The predicted molar refractivity (Wildman–Crippen MR) is 113 cm³/mol. The van der Waals surface area contributed by atoms with Crippen LogP contribution in [0.1, 0.15) is 26.3 Å². The molecule has 3 aromatic carbocycles. The first-order valence-corrected chi connectivity index (χ1v) is 9.00. The van der Waals surface area contributed by atoms with E-state index >= 15 is 0 Å². The Morgan fingerprint density at radius 2 is 1.65 bits per heavy atom. The van der Waals surface area contributed by atoms with Crippen molar-refractivity contribution < 1.29 is 24.0 Å². The lowest BCUT2D eigenvalue weighted by Crippen LogP contribution is -2.17. The Morgan fingerprint density at radius 3 is 2.29 bits per heavy atom. The Bertz CT molecular complexity index is 1120. The maximum absolute atomic E-state index is 12.2. The number of nitrogens with one attached hydrogen (secondary N) is 1. The number of methoxy groups -OCH3 is 1. The number of ether oxygens (including phenoxy) is 2. The Labute approximate surface area is 177 Å². The first-order chi connectivity index (χ1) is 15.0. The van der Waals surface area contributed by atoms with Crippen LogP contribution in [-0.4, -0.2) is 30.1 Å². The van der Waals surface area contributed by atoms with Gasteiger partial charge in [-0.15, -0.1) is 0 Å². The molecule has 0 aliphatic carbocycles. The van der Waals surface area contributed by atoms with Gasteiger partial charge in [-0.1, -0.05) is 6.07 Å². The van der Waals surface area contributed by atoms with Crippen LogP contribution in [0.15, 0.2) is 77.9 Å². The van der Waals surface area contributed by atoms with Crippen molar-refractivity contribution in [2.75, 3.05) is 7.11 Å². The van der Waals surface area contributed by atoms with Gasteiger partial charge >= 0.3 is 5.97 Å². The van der Waals surface area contributed by atoms with Crippen LogP contribution in [0.5, 0.6) is 11.5 Å². The highest BCUT2D eigenvalue weighted by atomic mass is 16.6. The first-order valence-electron chi connectivity index (χ1n) is 9.00. The van der Waals surface area contributed by atoms with Gasteiger partial charge < -0.3 is 9.47 Å². The highest BCUT2D eigenvalue weighted by Gasteiger charge is 2.11. The third kappa shape index (κ3) is 5.73. The number of rotatable bonds is 7. The molecule has 0 unspecified atom stereocenters. The molecule has 0 heterocycles. The summed E-state index contributed by atoms with van der Waals surface area (Å²) in [6.07, 6.45) is 1.39. The number of carbonyl (C=O) groups excluding carboxylic acids is 2. The van der Waals surface area contributed by atoms with Crippen LogP contribution >= 0.6 is 0 Å². The maximum atomic E-state index is 12.2. The fraction of sp³-hybridized carbons (Fsp3) is 0.0455. The molecule has 9 nitrogen and oxygen atoms in total. The van der Waals surface area contributed by atoms with Crippen molar-refractivity contribution in [2.24, 2.45) is 5.10 Å². The van der Waals surface area contributed by atoms with Crippen LogP contribution < -0.4 is 14.9 Å². The van der Waals surface area contributed by atoms with Crippen molar-refractivity contribution in [3.63, 3.8) is 0 Å². The zero-order valence-electron chi connectivity index (χ0n) is 16.3. The van der Waals surface area contributed by atoms with Crippen molar-refractivity contribution >= 4 is 23.8 Å². The van der Waals surface area contributed by atoms with Crippen LogP contribution in [0, 0.1) is 10.1 Å². The number of carbonyl (C=O) groups is 2. The summed E-state index contributed by atoms with van der Waals surface area (Å²) in [4.78, 5) is 34.4. The lowest BCUT2D eigenvalue weighted by atomic mass is 10.2. The number of non-ortho nitro benzene ring substituents is 1. The van der Waals surface area contributed by atoms with E-state index in [-0.39, 0.29) is 11.3 Å². The number of nitro benzene ring substituents is 1. The average molecular weight is 419 g/mol. The van der Waals surface area contributed by atoms with E-state index in [1.807, 2.05) is 0 Å². The summed E-state index contributed by atoms with van der Waals surface area (Å²) in [5, 5.41) is 14.6. The van der Waals surface area contributed by atoms with Gasteiger partial charge in [0.05, 0.1) is 23.8 Å². The summed E-state index contributed by atoms with van der Waals surface area (Å²) in [6, 6.07) is 18.3. The molecule has 3 rings (SSSR count). The zero-order valence-corrected chi connectivity index (χ0v) is 16.3. The van der Waals surface area contributed by atoms with Crippen LogP contribution in [-0.2, 0) is 0 Å². The minimum absolute atomic E-state index is 0.118. The molecule has 0 bridgehead atoms. The quantitative estimate of drug-likeness (QED) is 0.205. The lowest BCUT2D eigenvalue weighted by molar-refractivity contribution is -0.384. The van der Waals surface area contributed by atoms with Gasteiger partial charge in [0.1, 0.15) is 11.5 Å². The molecule has 9 heteroatoms. The molecule has 1 amide bonds. The molecule has 0 aromatic heterocycles. The fourth-order valence-corrected chi connectivity index (χ4v) is 2.51. The zero-order chi connectivity index (χ0) is 22.2. The van der Waals surface area contributed by atoms with Gasteiger partial charge in [-0.05, 0) is 60.2 Å². The van der Waals surface area contributed by atoms with Gasteiger partial charge in [0.25, 0.3) is 11.6 Å². The molecule has 0 radical (unpaired) electrons. The molecular weight excluding hydrogens is 402 g/mol. The average Bonchev–Trinajstić information content (AvgIpc) is 2.80. The normalized spacial score (nSPS) is 10.5. The lowest BCUT2D eigenvalue weighted by Gasteiger charge is -2.05. The molecule has 0 fully saturated rings. The van der Waals surface area contributed by atoms with Crippen molar-refractivity contribution in [1.82, 2.24) is 5.43 Å². The maximum Gasteiger partial charge on any atom is 0.343 e. The summed E-state index contributed by atoms with van der Waals surface area (Å²) in [5.41, 5.74) is 3.26. The molecule has 1 N–H and O–H groups in total. The number of esters is 1. The molecule has 0 aliphatic heterocycles. The van der Waals surface area contributed by atoms with Gasteiger partial charge in [-0.2, -0.15) is 5.10 Å². The Balaban J connectivity index is 1.56. The molecule has 3 aromatic rings. The van der Waals surface area contributed by atoms with Crippen molar-refractivity contribution in [2.45, 2.75) is 0 Å². The van der Waals surface area contributed by atoms with E-state index < -0.39 is 16.8 Å². The Morgan fingerprint density at radius 1 is 0.968 bits per heavy atom. The number of hydrogen-bond donors (Lipinski definition) is 1. The van der Waals surface area contributed by atoms with E-state index in [9.17, 15) is 19.7 Å². The standard InChI is InChI=1S/C22H17N3O6/c1-30-19-11-7-16(8-12-19)22(27)31-20-9-5-15(6-10-20)14-23-24-21(26)17-3-2-4-18(13-17)25(28)29/h2-14H,1H3,(H,24,26)/b23-14+. The summed E-state index contributed by atoms with van der Waals surface area (Å²) in [6.45, 7) is 0. The van der Waals surface area contributed by atoms with Crippen molar-refractivity contribution in [3.8, 4) is 11.5 Å². The van der Waals surface area contributed by atoms with Crippen molar-refractivity contribution in [3.05, 3.63) is 99.6 Å². The highest BCUT2D eigenvalue weighted by Crippen LogP contribution is 2.16. The van der Waals surface area contributed by atoms with E-state index in [0.29, 0.717) is 22.6 Å². The summed E-state index contributed by atoms with van der Waals surface area (Å²) < 4.78 is 10.4. The van der Waals surface area contributed by atoms with Crippen LogP contribution in [0.3, 0.4) is 0 Å². The highest BCUT2D eigenvalue weighted by molar-refractivity contribution is 5.95. The van der Waals surface area contributed by atoms with Gasteiger partial charge in [0.15, 0.2) is 0 Å². The fourth-order valence-electron chi connectivity index (χ4n) is 2.51. The molecule has 0 saturated carbocycles. The minimum atomic E-state index is -0.580. The second-order valence-electron chi connectivity index (χ2n) is 6.19. The Kier molecular flexibility index (Phi) is 6.69. The number of hydrogen-bond acceptors (Lipinski definition) is 7. The van der Waals surface area contributed by atoms with Gasteiger partial charge in [-0.25, -0.2) is 10.2 Å². The van der Waals surface area contributed by atoms with E-state index in [0.717, 1.165) is 6.07 Å². The predicted octanol–water partition coefficient (Wildman–Crippen LogP) is 3.59. The topological polar surface area (TPSA) is 120 Å². The summed E-state index contributed by atoms with van der Waals surface area (Å²) >= 11 is 0. The monoisotopic (exact) mass is 419 g/mol. The van der Waals surface area contributed by atoms with Gasteiger partial charge in [-0.3, -0.25) is 14.9 Å². The molecular formula is C22H17N3O6. The number of benzene rings is 3. The third-order valence-electron chi connectivity index (χ3n) is 4.12. The van der Waals surface area contributed by atoms with E-state index in [1.54, 1.807) is 48.5 Å². The molecule has 31 heavy (non-hydrogen) atoms. The number of hydrazone groups is 1. The van der Waals surface area contributed by atoms with Crippen LogP contribution in [0.4, 0.5) is 5.69 Å². The van der Waals surface area contributed by atoms with Crippen LogP contribution in [0.2, 0.25) is 0 Å². The third-order valence-corrected chi connectivity index (χ3v) is 4.12. The van der Waals surface area contributed by atoms with Crippen LogP contribution in [0.25, 0.3) is 0 Å². The molecule has 0 saturated heterocycles. The largest absolute Gasteiger partial charge is 0.497 e. The molecule has 0 spiro atoms. The number of nitro groups is 1. The summed E-state index contributed by atoms with van der Waals surface area (Å²) in [7, 11) is 1.54. The van der Waals surface area contributed by atoms with Gasteiger partial charge in [0.2, 0.25) is 0 Å². The minimum Gasteiger partial charge on any atom is -0.497 e. The second-order valence-corrected chi connectivity index (χ2v) is 6.19. The number of nitrogens with zero attached hydrogens (tertiary/aromatic N) is 2. The van der Waals surface area contributed by atoms with Gasteiger partial charge in [0, 0.05) is 17.7 Å². The Hall–Kier alpha value is -4.53. The first kappa shape index (κ1) is 21.2. The number of amides is 1. The smallest absolute Gasteiger partial charge is 0.343 e. The molecule has 0 aliphatic rings.